The van der Waals surface area contributed by atoms with Crippen molar-refractivity contribution >= 4 is 0 Å². The van der Waals surface area contributed by atoms with E-state index in [4.69, 9.17) is 10.2 Å². The van der Waals surface area contributed by atoms with Gasteiger partial charge in [-0.25, -0.2) is 4.98 Å². The summed E-state index contributed by atoms with van der Waals surface area (Å²) in [5.74, 6) is 0.508. The Morgan fingerprint density at radius 3 is 3.00 bits per heavy atom. The molecule has 0 aliphatic carbocycles. The number of hydrogen-bond acceptors (Lipinski definition) is 3. The van der Waals surface area contributed by atoms with Gasteiger partial charge in [0.15, 0.2) is 0 Å². The summed E-state index contributed by atoms with van der Waals surface area (Å²) in [6, 6.07) is 0. The third-order valence-corrected chi connectivity index (χ3v) is 1.24. The van der Waals surface area contributed by atoms with Crippen LogP contribution in [-0.4, -0.2) is 26.8 Å². The van der Waals surface area contributed by atoms with Gasteiger partial charge in [0.1, 0.15) is 11.9 Å². The van der Waals surface area contributed by atoms with Crippen molar-refractivity contribution in [2.75, 3.05) is 6.61 Å². The summed E-state index contributed by atoms with van der Waals surface area (Å²) in [6.45, 7) is -0.0259. The molecule has 0 aromatic carbocycles. The molecule has 1 aromatic rings. The van der Waals surface area contributed by atoms with Crippen LogP contribution in [0, 0.1) is 0 Å². The minimum Gasteiger partial charge on any atom is -0.396 e. The number of aliphatic hydroxyl groups is 2. The van der Waals surface area contributed by atoms with E-state index in [9.17, 15) is 0 Å². The van der Waals surface area contributed by atoms with Gasteiger partial charge in [0.05, 0.1) is 0 Å². The molecular formula is C6H10N2O2. The lowest BCUT2D eigenvalue weighted by Crippen LogP contribution is -2.01. The van der Waals surface area contributed by atoms with Crippen molar-refractivity contribution in [1.29, 1.82) is 0 Å². The third-order valence-electron chi connectivity index (χ3n) is 1.24. The van der Waals surface area contributed by atoms with E-state index in [1.165, 1.54) is 0 Å². The third kappa shape index (κ3) is 1.55. The average Bonchev–Trinajstić information content (AvgIpc) is 2.38. The number of aliphatic hydroxyl groups excluding tert-OH is 2. The Bertz CT molecular complexity index is 174. The standard InChI is InChI=1S/C6H10N2O2/c9-4-1-5(10)6-7-2-3-8-6/h2-3,5,9-10H,1,4H2,(H,7,8). The van der Waals surface area contributed by atoms with Crippen molar-refractivity contribution in [3.63, 3.8) is 0 Å². The zero-order valence-electron chi connectivity index (χ0n) is 5.49. The first-order valence-electron chi connectivity index (χ1n) is 3.13. The lowest BCUT2D eigenvalue weighted by atomic mass is 10.2. The Morgan fingerprint density at radius 2 is 2.50 bits per heavy atom. The number of nitrogens with one attached hydrogen (secondary N) is 1. The molecule has 0 fully saturated rings. The second-order valence-corrected chi connectivity index (χ2v) is 2.00. The van der Waals surface area contributed by atoms with Crippen LogP contribution in [0.15, 0.2) is 12.4 Å². The van der Waals surface area contributed by atoms with Crippen molar-refractivity contribution < 1.29 is 10.2 Å². The summed E-state index contributed by atoms with van der Waals surface area (Å²) in [4.78, 5) is 6.57. The number of H-pyrrole nitrogens is 1. The van der Waals surface area contributed by atoms with Crippen LogP contribution in [-0.2, 0) is 0 Å². The van der Waals surface area contributed by atoms with E-state index in [1.54, 1.807) is 12.4 Å². The molecule has 0 amide bonds. The highest BCUT2D eigenvalue weighted by atomic mass is 16.3. The van der Waals surface area contributed by atoms with Crippen LogP contribution in [0.25, 0.3) is 0 Å². The minimum absolute atomic E-state index is 0.0259. The molecule has 0 spiro atoms. The van der Waals surface area contributed by atoms with E-state index in [0.29, 0.717) is 12.2 Å². The molecule has 4 heteroatoms. The lowest BCUT2D eigenvalue weighted by Gasteiger charge is -2.03. The SMILES string of the molecule is OCCC(O)c1ncc[nH]1. The monoisotopic (exact) mass is 142 g/mol. The van der Waals surface area contributed by atoms with Gasteiger partial charge in [-0.15, -0.1) is 0 Å². The van der Waals surface area contributed by atoms with Gasteiger partial charge < -0.3 is 15.2 Å². The predicted octanol–water partition coefficient (Wildman–Crippen LogP) is -0.175. The molecule has 10 heavy (non-hydrogen) atoms. The van der Waals surface area contributed by atoms with Gasteiger partial charge in [-0.05, 0) is 0 Å². The first-order valence-corrected chi connectivity index (χ1v) is 3.13. The second kappa shape index (κ2) is 3.34. The van der Waals surface area contributed by atoms with Crippen molar-refractivity contribution in [2.45, 2.75) is 12.5 Å². The van der Waals surface area contributed by atoms with E-state index < -0.39 is 6.10 Å². The highest BCUT2D eigenvalue weighted by Crippen LogP contribution is 2.09. The molecule has 1 aromatic heterocycles. The summed E-state index contributed by atoms with van der Waals surface area (Å²) in [7, 11) is 0. The normalized spacial score (nSPS) is 13.4. The highest BCUT2D eigenvalue weighted by molar-refractivity contribution is 4.91. The number of aromatic amines is 1. The number of nitrogens with zero attached hydrogens (tertiary/aromatic N) is 1. The molecule has 4 nitrogen and oxygen atoms in total. The van der Waals surface area contributed by atoms with Gasteiger partial charge in [0.2, 0.25) is 0 Å². The summed E-state index contributed by atoms with van der Waals surface area (Å²) < 4.78 is 0. The number of imidazole rings is 1. The van der Waals surface area contributed by atoms with Crippen molar-refractivity contribution in [2.24, 2.45) is 0 Å². The van der Waals surface area contributed by atoms with Crippen LogP contribution >= 0.6 is 0 Å². The average molecular weight is 142 g/mol. The fourth-order valence-corrected chi connectivity index (χ4v) is 0.719. The quantitative estimate of drug-likeness (QED) is 0.548. The van der Waals surface area contributed by atoms with Crippen LogP contribution in [0.5, 0.6) is 0 Å². The summed E-state index contributed by atoms with van der Waals surface area (Å²) in [6.07, 6.45) is 2.86. The van der Waals surface area contributed by atoms with Crippen LogP contribution in [0.2, 0.25) is 0 Å². The van der Waals surface area contributed by atoms with E-state index in [1.807, 2.05) is 0 Å². The zero-order valence-corrected chi connectivity index (χ0v) is 5.49. The molecule has 1 unspecified atom stereocenters. The fourth-order valence-electron chi connectivity index (χ4n) is 0.719. The van der Waals surface area contributed by atoms with Gasteiger partial charge >= 0.3 is 0 Å². The van der Waals surface area contributed by atoms with Crippen LogP contribution in [0.4, 0.5) is 0 Å². The van der Waals surface area contributed by atoms with E-state index in [2.05, 4.69) is 9.97 Å². The van der Waals surface area contributed by atoms with E-state index >= 15 is 0 Å². The Balaban J connectivity index is 2.50. The molecule has 0 bridgehead atoms. The molecule has 1 atom stereocenters. The number of aromatic nitrogens is 2. The molecule has 1 heterocycles. The van der Waals surface area contributed by atoms with Gasteiger partial charge in [-0.1, -0.05) is 0 Å². The Labute approximate surface area is 58.5 Å². The molecule has 0 aliphatic rings. The zero-order chi connectivity index (χ0) is 7.40. The Kier molecular flexibility index (Phi) is 2.42. The number of hydrogen-bond donors (Lipinski definition) is 3. The van der Waals surface area contributed by atoms with Crippen molar-refractivity contribution in [3.8, 4) is 0 Å². The molecule has 56 valence electrons. The Morgan fingerprint density at radius 1 is 1.70 bits per heavy atom. The lowest BCUT2D eigenvalue weighted by molar-refractivity contribution is 0.127. The number of rotatable bonds is 3. The van der Waals surface area contributed by atoms with Gasteiger partial charge in [0.25, 0.3) is 0 Å². The van der Waals surface area contributed by atoms with Crippen molar-refractivity contribution in [3.05, 3.63) is 18.2 Å². The summed E-state index contributed by atoms with van der Waals surface area (Å²) in [5, 5.41) is 17.6. The molecule has 0 saturated carbocycles. The molecule has 3 N–H and O–H groups in total. The molecule has 0 radical (unpaired) electrons. The second-order valence-electron chi connectivity index (χ2n) is 2.00. The van der Waals surface area contributed by atoms with Crippen LogP contribution < -0.4 is 0 Å². The highest BCUT2D eigenvalue weighted by Gasteiger charge is 2.07. The van der Waals surface area contributed by atoms with E-state index in [-0.39, 0.29) is 6.61 Å². The molecule has 0 saturated heterocycles. The maximum Gasteiger partial charge on any atom is 0.135 e. The predicted molar refractivity (Wildman–Crippen MR) is 35.3 cm³/mol. The first kappa shape index (κ1) is 7.24. The minimum atomic E-state index is -0.667. The summed E-state index contributed by atoms with van der Waals surface area (Å²) in [5.41, 5.74) is 0. The smallest absolute Gasteiger partial charge is 0.135 e. The van der Waals surface area contributed by atoms with Crippen LogP contribution in [0.3, 0.4) is 0 Å². The van der Waals surface area contributed by atoms with E-state index in [0.717, 1.165) is 0 Å². The largest absolute Gasteiger partial charge is 0.396 e. The molecule has 0 aliphatic heterocycles. The van der Waals surface area contributed by atoms with Gasteiger partial charge in [-0.2, -0.15) is 0 Å². The fraction of sp³-hybridized carbons (Fsp3) is 0.500. The molecule has 1 rings (SSSR count). The van der Waals surface area contributed by atoms with Gasteiger partial charge in [0, 0.05) is 25.4 Å². The maximum absolute atomic E-state index is 9.16. The summed E-state index contributed by atoms with van der Waals surface area (Å²) >= 11 is 0. The van der Waals surface area contributed by atoms with Crippen molar-refractivity contribution in [1.82, 2.24) is 9.97 Å². The maximum atomic E-state index is 9.16. The first-order chi connectivity index (χ1) is 4.84. The molecular weight excluding hydrogens is 132 g/mol. The van der Waals surface area contributed by atoms with Crippen LogP contribution in [0.1, 0.15) is 18.3 Å². The topological polar surface area (TPSA) is 69.1 Å². The Hall–Kier alpha value is -0.870. The van der Waals surface area contributed by atoms with Gasteiger partial charge in [-0.3, -0.25) is 0 Å².